The van der Waals surface area contributed by atoms with Crippen LogP contribution in [0.25, 0.3) is 16.9 Å². The number of aromatic nitrogens is 2. The van der Waals surface area contributed by atoms with Crippen LogP contribution in [0.5, 0.6) is 11.5 Å². The molecule has 36 heavy (non-hydrogen) atoms. The van der Waals surface area contributed by atoms with Crippen LogP contribution < -0.4 is 14.4 Å². The van der Waals surface area contributed by atoms with Crippen molar-refractivity contribution in [3.05, 3.63) is 90.6 Å². The van der Waals surface area contributed by atoms with Gasteiger partial charge in [-0.2, -0.15) is 5.10 Å². The molecule has 0 radical (unpaired) electrons. The van der Waals surface area contributed by atoms with Crippen molar-refractivity contribution in [2.45, 2.75) is 12.8 Å². The summed E-state index contributed by atoms with van der Waals surface area (Å²) in [5, 5.41) is 5.00. The van der Waals surface area contributed by atoms with Gasteiger partial charge in [-0.1, -0.05) is 18.2 Å². The van der Waals surface area contributed by atoms with Crippen LogP contribution in [0.15, 0.2) is 84.9 Å². The number of piperazine rings is 1. The molecule has 0 atom stereocenters. The summed E-state index contributed by atoms with van der Waals surface area (Å²) in [6.07, 6.45) is 2.05. The van der Waals surface area contributed by atoms with Gasteiger partial charge in [-0.3, -0.25) is 4.90 Å². The summed E-state index contributed by atoms with van der Waals surface area (Å²) < 4.78 is 12.7. The number of methoxy groups -OCH3 is 2. The van der Waals surface area contributed by atoms with Crippen LogP contribution in [0.2, 0.25) is 0 Å². The third-order valence-corrected chi connectivity index (χ3v) is 6.86. The van der Waals surface area contributed by atoms with E-state index in [4.69, 9.17) is 14.6 Å². The van der Waals surface area contributed by atoms with E-state index in [-0.39, 0.29) is 0 Å². The van der Waals surface area contributed by atoms with Gasteiger partial charge in [0.25, 0.3) is 0 Å². The Kier molecular flexibility index (Phi) is 7.52. The van der Waals surface area contributed by atoms with Crippen molar-refractivity contribution >= 4 is 5.69 Å². The molecule has 1 aromatic heterocycles. The molecule has 3 aromatic carbocycles. The fourth-order valence-corrected chi connectivity index (χ4v) is 4.79. The molecule has 186 valence electrons. The number of hydrogen-bond acceptors (Lipinski definition) is 5. The molecule has 0 N–H and O–H groups in total. The first kappa shape index (κ1) is 23.9. The highest BCUT2D eigenvalue weighted by atomic mass is 16.5. The first-order valence-electron chi connectivity index (χ1n) is 12.6. The molecule has 0 aliphatic carbocycles. The summed E-state index contributed by atoms with van der Waals surface area (Å²) in [6, 6.07) is 29.2. The molecule has 0 bridgehead atoms. The zero-order chi connectivity index (χ0) is 24.7. The minimum atomic E-state index is 0.858. The highest BCUT2D eigenvalue weighted by molar-refractivity contribution is 5.63. The maximum Gasteiger partial charge on any atom is 0.119 e. The zero-order valence-corrected chi connectivity index (χ0v) is 21.1. The average Bonchev–Trinajstić information content (AvgIpc) is 3.38. The Morgan fingerprint density at radius 1 is 0.722 bits per heavy atom. The zero-order valence-electron chi connectivity index (χ0n) is 21.1. The molecule has 1 aliphatic rings. The fourth-order valence-electron chi connectivity index (χ4n) is 4.79. The van der Waals surface area contributed by atoms with Gasteiger partial charge in [0.2, 0.25) is 0 Å². The summed E-state index contributed by atoms with van der Waals surface area (Å²) in [5.41, 5.74) is 5.71. The molecule has 4 aromatic rings. The van der Waals surface area contributed by atoms with Gasteiger partial charge in [0.15, 0.2) is 0 Å². The summed E-state index contributed by atoms with van der Waals surface area (Å²) in [6.45, 7) is 5.36. The van der Waals surface area contributed by atoms with Crippen LogP contribution in [0.1, 0.15) is 12.1 Å². The highest BCUT2D eigenvalue weighted by Gasteiger charge is 2.18. The Balaban J connectivity index is 1.20. The first-order chi connectivity index (χ1) is 17.7. The molecule has 0 amide bonds. The van der Waals surface area contributed by atoms with Crippen LogP contribution in [0.3, 0.4) is 0 Å². The fraction of sp³-hybridized carbons (Fsp3) is 0.300. The van der Waals surface area contributed by atoms with Crippen molar-refractivity contribution in [1.82, 2.24) is 14.7 Å². The molecule has 0 saturated carbocycles. The lowest BCUT2D eigenvalue weighted by Crippen LogP contribution is -2.46. The van der Waals surface area contributed by atoms with Crippen LogP contribution in [-0.4, -0.2) is 61.6 Å². The highest BCUT2D eigenvalue weighted by Crippen LogP contribution is 2.27. The van der Waals surface area contributed by atoms with Crippen LogP contribution >= 0.6 is 0 Å². The summed E-state index contributed by atoms with van der Waals surface area (Å²) in [4.78, 5) is 5.02. The number of rotatable bonds is 9. The van der Waals surface area contributed by atoms with Gasteiger partial charge in [0.05, 0.1) is 31.3 Å². The molecule has 1 aliphatic heterocycles. The second-order valence-electron chi connectivity index (χ2n) is 9.13. The molecule has 0 spiro atoms. The van der Waals surface area contributed by atoms with E-state index < -0.39 is 0 Å². The quantitative estimate of drug-likeness (QED) is 0.323. The topological polar surface area (TPSA) is 42.8 Å². The van der Waals surface area contributed by atoms with Gasteiger partial charge >= 0.3 is 0 Å². The third-order valence-electron chi connectivity index (χ3n) is 6.86. The summed E-state index contributed by atoms with van der Waals surface area (Å²) in [5.74, 6) is 1.76. The number of para-hydroxylation sites is 1. The second kappa shape index (κ2) is 11.3. The smallest absolute Gasteiger partial charge is 0.119 e. The number of aryl methyl sites for hydroxylation is 1. The lowest BCUT2D eigenvalue weighted by molar-refractivity contribution is 0.255. The molecule has 6 heteroatoms. The normalized spacial score (nSPS) is 14.1. The van der Waals surface area contributed by atoms with Gasteiger partial charge in [0.1, 0.15) is 11.5 Å². The van der Waals surface area contributed by atoms with Gasteiger partial charge in [0, 0.05) is 37.4 Å². The molecule has 2 heterocycles. The monoisotopic (exact) mass is 482 g/mol. The van der Waals surface area contributed by atoms with E-state index in [0.29, 0.717) is 0 Å². The Labute approximate surface area is 213 Å². The van der Waals surface area contributed by atoms with Crippen molar-refractivity contribution in [2.24, 2.45) is 0 Å². The summed E-state index contributed by atoms with van der Waals surface area (Å²) in [7, 11) is 3.40. The SMILES string of the molecule is COc1ccc(-c2cc(CCCN3CCN(c4ccc(OC)cc4)CC3)nn2-c2ccccc2)cc1. The van der Waals surface area contributed by atoms with E-state index in [1.54, 1.807) is 14.2 Å². The molecular formula is C30H34N4O2. The Hall–Kier alpha value is -3.77. The maximum absolute atomic E-state index is 5.34. The molecule has 6 nitrogen and oxygen atoms in total. The molecular weight excluding hydrogens is 448 g/mol. The molecule has 1 fully saturated rings. The molecule has 5 rings (SSSR count). The Morgan fingerprint density at radius 2 is 1.36 bits per heavy atom. The van der Waals surface area contributed by atoms with E-state index in [1.165, 1.54) is 5.69 Å². The van der Waals surface area contributed by atoms with Crippen LogP contribution in [-0.2, 0) is 6.42 Å². The Morgan fingerprint density at radius 3 is 2.00 bits per heavy atom. The standard InChI is InChI=1S/C30H34N4O2/c1-35-28-14-10-24(11-15-28)30-23-25(31-34(30)27-8-4-3-5-9-27)7-6-18-32-19-21-33(22-20-32)26-12-16-29(36-2)17-13-26/h3-5,8-17,23H,6-7,18-22H2,1-2H3. The van der Waals surface area contributed by atoms with Gasteiger partial charge < -0.3 is 14.4 Å². The van der Waals surface area contributed by atoms with E-state index in [9.17, 15) is 0 Å². The number of hydrogen-bond donors (Lipinski definition) is 0. The third kappa shape index (κ3) is 5.55. The Bertz CT molecular complexity index is 1230. The number of nitrogens with zero attached hydrogens (tertiary/aromatic N) is 4. The predicted octanol–water partition coefficient (Wildman–Crippen LogP) is 5.31. The predicted molar refractivity (Wildman–Crippen MR) is 146 cm³/mol. The van der Waals surface area contributed by atoms with Gasteiger partial charge in [-0.15, -0.1) is 0 Å². The van der Waals surface area contributed by atoms with Crippen molar-refractivity contribution in [3.8, 4) is 28.4 Å². The van der Waals surface area contributed by atoms with E-state index in [0.717, 1.165) is 79.7 Å². The van der Waals surface area contributed by atoms with Gasteiger partial charge in [-0.25, -0.2) is 4.68 Å². The lowest BCUT2D eigenvalue weighted by atomic mass is 10.1. The maximum atomic E-state index is 5.34. The van der Waals surface area contributed by atoms with Crippen molar-refractivity contribution in [1.29, 1.82) is 0 Å². The van der Waals surface area contributed by atoms with Gasteiger partial charge in [-0.05, 0) is 86.1 Å². The van der Waals surface area contributed by atoms with E-state index in [2.05, 4.69) is 69.1 Å². The number of benzene rings is 3. The minimum Gasteiger partial charge on any atom is -0.497 e. The average molecular weight is 483 g/mol. The minimum absolute atomic E-state index is 0.858. The van der Waals surface area contributed by atoms with E-state index >= 15 is 0 Å². The second-order valence-corrected chi connectivity index (χ2v) is 9.13. The molecule has 1 saturated heterocycles. The largest absolute Gasteiger partial charge is 0.497 e. The summed E-state index contributed by atoms with van der Waals surface area (Å²) >= 11 is 0. The van der Waals surface area contributed by atoms with Crippen molar-refractivity contribution in [2.75, 3.05) is 51.8 Å². The van der Waals surface area contributed by atoms with Crippen molar-refractivity contribution < 1.29 is 9.47 Å². The van der Waals surface area contributed by atoms with Crippen LogP contribution in [0.4, 0.5) is 5.69 Å². The van der Waals surface area contributed by atoms with Crippen molar-refractivity contribution in [3.63, 3.8) is 0 Å². The first-order valence-corrected chi connectivity index (χ1v) is 12.6. The molecule has 0 unspecified atom stereocenters. The number of ether oxygens (including phenoxy) is 2. The van der Waals surface area contributed by atoms with E-state index in [1.807, 2.05) is 30.3 Å². The number of anilines is 1. The van der Waals surface area contributed by atoms with Crippen LogP contribution in [0, 0.1) is 0 Å². The lowest BCUT2D eigenvalue weighted by Gasteiger charge is -2.36.